The molecular formula is C14H27N3O3. The van der Waals surface area contributed by atoms with Crippen LogP contribution in [0.1, 0.15) is 19.2 Å². The highest BCUT2D eigenvalue weighted by atomic mass is 16.5. The molecule has 6 heteroatoms. The average molecular weight is 285 g/mol. The molecule has 0 aliphatic heterocycles. The van der Waals surface area contributed by atoms with E-state index in [1.165, 1.54) is 0 Å². The number of methoxy groups -OCH3 is 1. The molecule has 2 N–H and O–H groups in total. The first-order chi connectivity index (χ1) is 9.77. The third-order valence-electron chi connectivity index (χ3n) is 3.05. The Labute approximate surface area is 121 Å². The lowest BCUT2D eigenvalue weighted by atomic mass is 10.1. The van der Waals surface area contributed by atoms with Gasteiger partial charge in [-0.15, -0.1) is 0 Å². The molecule has 1 heterocycles. The minimum Gasteiger partial charge on any atom is -0.382 e. The highest BCUT2D eigenvalue weighted by Gasteiger charge is 2.07. The van der Waals surface area contributed by atoms with Gasteiger partial charge in [0.25, 0.3) is 0 Å². The lowest BCUT2D eigenvalue weighted by Gasteiger charge is -2.11. The van der Waals surface area contributed by atoms with Crippen molar-refractivity contribution in [3.05, 3.63) is 18.2 Å². The molecule has 0 radical (unpaired) electrons. The largest absolute Gasteiger partial charge is 0.382 e. The van der Waals surface area contributed by atoms with Crippen molar-refractivity contribution < 1.29 is 14.2 Å². The zero-order chi connectivity index (χ0) is 14.6. The van der Waals surface area contributed by atoms with Crippen LogP contribution in [0, 0.1) is 0 Å². The molecule has 0 aromatic carbocycles. The summed E-state index contributed by atoms with van der Waals surface area (Å²) in [6.45, 7) is 5.96. The van der Waals surface area contributed by atoms with Crippen LogP contribution < -0.4 is 5.73 Å². The van der Waals surface area contributed by atoms with Crippen LogP contribution >= 0.6 is 0 Å². The number of rotatable bonds is 12. The van der Waals surface area contributed by atoms with E-state index < -0.39 is 0 Å². The number of imidazole rings is 1. The Morgan fingerprint density at radius 1 is 1.20 bits per heavy atom. The molecule has 0 amide bonds. The minimum absolute atomic E-state index is 0.172. The van der Waals surface area contributed by atoms with Crippen molar-refractivity contribution in [3.8, 4) is 0 Å². The predicted molar refractivity (Wildman–Crippen MR) is 77.7 cm³/mol. The van der Waals surface area contributed by atoms with Crippen LogP contribution in [-0.2, 0) is 27.2 Å². The number of aromatic nitrogens is 2. The second-order valence-electron chi connectivity index (χ2n) is 4.63. The van der Waals surface area contributed by atoms with Gasteiger partial charge in [0, 0.05) is 38.5 Å². The van der Waals surface area contributed by atoms with E-state index in [1.54, 1.807) is 7.11 Å². The van der Waals surface area contributed by atoms with E-state index in [-0.39, 0.29) is 6.04 Å². The van der Waals surface area contributed by atoms with Gasteiger partial charge >= 0.3 is 0 Å². The summed E-state index contributed by atoms with van der Waals surface area (Å²) < 4.78 is 17.8. The molecule has 0 saturated carbocycles. The van der Waals surface area contributed by atoms with Gasteiger partial charge in [0.05, 0.1) is 33.0 Å². The van der Waals surface area contributed by atoms with E-state index >= 15 is 0 Å². The van der Waals surface area contributed by atoms with Crippen LogP contribution in [0.25, 0.3) is 0 Å². The molecule has 0 saturated heterocycles. The van der Waals surface area contributed by atoms with Crippen LogP contribution in [0.5, 0.6) is 0 Å². The van der Waals surface area contributed by atoms with Crippen LogP contribution in [0.15, 0.2) is 12.4 Å². The Bertz CT molecular complexity index is 344. The molecule has 0 bridgehead atoms. The molecule has 1 atom stereocenters. The third kappa shape index (κ3) is 7.00. The van der Waals surface area contributed by atoms with E-state index in [9.17, 15) is 0 Å². The SMILES string of the molecule is CCC(N)Cc1nccn1CCOCCOCCOC. The summed E-state index contributed by atoms with van der Waals surface area (Å²) in [4.78, 5) is 4.34. The molecule has 0 aliphatic carbocycles. The first-order valence-corrected chi connectivity index (χ1v) is 7.18. The molecule has 6 nitrogen and oxygen atoms in total. The van der Waals surface area contributed by atoms with Crippen molar-refractivity contribution in [3.63, 3.8) is 0 Å². The van der Waals surface area contributed by atoms with Crippen molar-refractivity contribution in [2.24, 2.45) is 5.73 Å². The van der Waals surface area contributed by atoms with Gasteiger partial charge in [0.2, 0.25) is 0 Å². The maximum atomic E-state index is 5.96. The number of hydrogen-bond donors (Lipinski definition) is 1. The molecular weight excluding hydrogens is 258 g/mol. The Morgan fingerprint density at radius 2 is 1.90 bits per heavy atom. The molecule has 0 aliphatic rings. The molecule has 20 heavy (non-hydrogen) atoms. The number of nitrogens with zero attached hydrogens (tertiary/aromatic N) is 2. The third-order valence-corrected chi connectivity index (χ3v) is 3.05. The van der Waals surface area contributed by atoms with Gasteiger partial charge in [-0.1, -0.05) is 6.92 Å². The van der Waals surface area contributed by atoms with Gasteiger partial charge in [0.15, 0.2) is 0 Å². The molecule has 1 rings (SSSR count). The minimum atomic E-state index is 0.172. The summed E-state index contributed by atoms with van der Waals surface area (Å²) in [5, 5.41) is 0. The van der Waals surface area contributed by atoms with Crippen molar-refractivity contribution in [1.29, 1.82) is 0 Å². The van der Waals surface area contributed by atoms with Gasteiger partial charge in [-0.3, -0.25) is 0 Å². The topological polar surface area (TPSA) is 71.5 Å². The van der Waals surface area contributed by atoms with E-state index in [0.717, 1.165) is 25.2 Å². The second kappa shape index (κ2) is 10.8. The van der Waals surface area contributed by atoms with E-state index in [2.05, 4.69) is 16.5 Å². The van der Waals surface area contributed by atoms with Crippen molar-refractivity contribution >= 4 is 0 Å². The fraction of sp³-hybridized carbons (Fsp3) is 0.786. The van der Waals surface area contributed by atoms with E-state index in [0.29, 0.717) is 33.0 Å². The number of hydrogen-bond acceptors (Lipinski definition) is 5. The first-order valence-electron chi connectivity index (χ1n) is 7.18. The lowest BCUT2D eigenvalue weighted by Crippen LogP contribution is -2.24. The summed E-state index contributed by atoms with van der Waals surface area (Å²) in [7, 11) is 1.66. The molecule has 1 aromatic heterocycles. The number of nitrogens with two attached hydrogens (primary N) is 1. The highest BCUT2D eigenvalue weighted by molar-refractivity contribution is 4.94. The Morgan fingerprint density at radius 3 is 2.60 bits per heavy atom. The maximum Gasteiger partial charge on any atom is 0.110 e. The Kier molecular flexibility index (Phi) is 9.23. The van der Waals surface area contributed by atoms with Crippen LogP contribution in [0.3, 0.4) is 0 Å². The standard InChI is InChI=1S/C14H27N3O3/c1-3-13(15)12-14-16-4-5-17(14)6-7-19-10-11-20-9-8-18-2/h4-5,13H,3,6-12,15H2,1-2H3. The average Bonchev–Trinajstić information content (AvgIpc) is 2.89. The normalized spacial score (nSPS) is 12.8. The monoisotopic (exact) mass is 285 g/mol. The molecule has 0 spiro atoms. The summed E-state index contributed by atoms with van der Waals surface area (Å²) in [5.74, 6) is 1.03. The molecule has 0 fully saturated rings. The van der Waals surface area contributed by atoms with Gasteiger partial charge in [-0.05, 0) is 6.42 Å². The Balaban J connectivity index is 2.11. The molecule has 1 aromatic rings. The van der Waals surface area contributed by atoms with E-state index in [4.69, 9.17) is 19.9 Å². The summed E-state index contributed by atoms with van der Waals surface area (Å²) in [6.07, 6.45) is 5.55. The quantitative estimate of drug-likeness (QED) is 0.576. The van der Waals surface area contributed by atoms with E-state index in [1.807, 2.05) is 12.4 Å². The maximum absolute atomic E-state index is 5.96. The smallest absolute Gasteiger partial charge is 0.110 e. The van der Waals surface area contributed by atoms with Crippen molar-refractivity contribution in [1.82, 2.24) is 9.55 Å². The van der Waals surface area contributed by atoms with Gasteiger partial charge in [0.1, 0.15) is 5.82 Å². The second-order valence-corrected chi connectivity index (χ2v) is 4.63. The zero-order valence-electron chi connectivity index (χ0n) is 12.6. The van der Waals surface area contributed by atoms with Crippen molar-refractivity contribution in [2.45, 2.75) is 32.4 Å². The first kappa shape index (κ1) is 17.1. The summed E-state index contributed by atoms with van der Waals surface area (Å²) >= 11 is 0. The summed E-state index contributed by atoms with van der Waals surface area (Å²) in [6, 6.07) is 0.172. The highest BCUT2D eigenvalue weighted by Crippen LogP contribution is 2.03. The van der Waals surface area contributed by atoms with Gasteiger partial charge in [-0.25, -0.2) is 4.98 Å². The number of ether oxygens (including phenoxy) is 3. The van der Waals surface area contributed by atoms with Crippen LogP contribution in [0.4, 0.5) is 0 Å². The Hall–Kier alpha value is -0.950. The fourth-order valence-electron chi connectivity index (χ4n) is 1.74. The molecule has 116 valence electrons. The fourth-order valence-corrected chi connectivity index (χ4v) is 1.74. The van der Waals surface area contributed by atoms with Gasteiger partial charge in [-0.2, -0.15) is 0 Å². The summed E-state index contributed by atoms with van der Waals surface area (Å²) in [5.41, 5.74) is 5.96. The predicted octanol–water partition coefficient (Wildman–Crippen LogP) is 0.843. The lowest BCUT2D eigenvalue weighted by molar-refractivity contribution is 0.0229. The zero-order valence-corrected chi connectivity index (χ0v) is 12.6. The van der Waals surface area contributed by atoms with Crippen LogP contribution in [0.2, 0.25) is 0 Å². The molecule has 1 unspecified atom stereocenters. The van der Waals surface area contributed by atoms with Crippen molar-refractivity contribution in [2.75, 3.05) is 40.1 Å². The van der Waals surface area contributed by atoms with Crippen LogP contribution in [-0.4, -0.2) is 55.7 Å². The van der Waals surface area contributed by atoms with Gasteiger partial charge < -0.3 is 24.5 Å².